The maximum absolute atomic E-state index is 9.57. The number of carboxylic acids is 2. The second-order valence-electron chi connectivity index (χ2n) is 1.65. The van der Waals surface area contributed by atoms with Crippen molar-refractivity contribution in [3.63, 3.8) is 0 Å². The van der Waals surface area contributed by atoms with Crippen molar-refractivity contribution in [3.8, 4) is 0 Å². The normalized spacial score (nSPS) is 10.7. The van der Waals surface area contributed by atoms with Crippen molar-refractivity contribution >= 4 is 11.9 Å². The fourth-order valence-electron chi connectivity index (χ4n) is 0. The smallest absolute Gasteiger partial charge is 0.320 e. The predicted octanol–water partition coefficient (Wildman–Crippen LogP) is -0.491. The Morgan fingerprint density at radius 1 is 1.40 bits per heavy atom. The second-order valence-corrected chi connectivity index (χ2v) is 1.65. The van der Waals surface area contributed by atoms with Gasteiger partial charge in [0.15, 0.2) is 0 Å². The summed E-state index contributed by atoms with van der Waals surface area (Å²) in [6, 6.07) is -0.731. The van der Waals surface area contributed by atoms with Crippen LogP contribution in [-0.4, -0.2) is 28.2 Å². The fourth-order valence-corrected chi connectivity index (χ4v) is 0. The molecule has 0 aromatic carbocycles. The Morgan fingerprint density at radius 3 is 1.50 bits per heavy atom. The molecule has 0 saturated carbocycles. The van der Waals surface area contributed by atoms with Crippen molar-refractivity contribution in [2.24, 2.45) is 5.73 Å². The first-order valence-electron chi connectivity index (χ1n) is 2.55. The number of carbonyl (C=O) groups is 2. The third kappa shape index (κ3) is 28.6. The first-order chi connectivity index (χ1) is 4.37. The molecule has 0 radical (unpaired) electrons. The van der Waals surface area contributed by atoms with Crippen molar-refractivity contribution < 1.29 is 19.8 Å². The zero-order valence-electron chi connectivity index (χ0n) is 5.87. The van der Waals surface area contributed by atoms with E-state index < -0.39 is 18.0 Å². The summed E-state index contributed by atoms with van der Waals surface area (Å²) < 4.78 is 0. The maximum Gasteiger partial charge on any atom is 0.320 e. The molecule has 1 atom stereocenters. The van der Waals surface area contributed by atoms with Crippen LogP contribution in [-0.2, 0) is 9.59 Å². The van der Waals surface area contributed by atoms with Crippen molar-refractivity contribution in [1.82, 2.24) is 0 Å². The lowest BCUT2D eigenvalue weighted by Crippen LogP contribution is -2.25. The van der Waals surface area contributed by atoms with Crippen LogP contribution in [0.25, 0.3) is 0 Å². The highest BCUT2D eigenvalue weighted by atomic mass is 16.4. The number of rotatable bonds is 1. The Balaban J connectivity index is 0. The Kier molecular flexibility index (Phi) is 7.03. The molecule has 0 rings (SSSR count). The van der Waals surface area contributed by atoms with Crippen LogP contribution in [0.4, 0.5) is 0 Å². The molecule has 0 spiro atoms. The van der Waals surface area contributed by atoms with Crippen LogP contribution >= 0.6 is 0 Å². The quantitative estimate of drug-likeness (QED) is 0.467. The van der Waals surface area contributed by atoms with E-state index in [1.165, 1.54) is 6.92 Å². The Morgan fingerprint density at radius 2 is 1.50 bits per heavy atom. The molecular weight excluding hydrogens is 138 g/mol. The van der Waals surface area contributed by atoms with Crippen molar-refractivity contribution in [2.75, 3.05) is 0 Å². The van der Waals surface area contributed by atoms with Gasteiger partial charge in [-0.2, -0.15) is 0 Å². The zero-order valence-corrected chi connectivity index (χ0v) is 5.87. The minimum Gasteiger partial charge on any atom is -0.481 e. The Hall–Kier alpha value is -1.10. The molecule has 60 valence electrons. The van der Waals surface area contributed by atoms with Gasteiger partial charge in [0.05, 0.1) is 0 Å². The van der Waals surface area contributed by atoms with Gasteiger partial charge in [-0.25, -0.2) is 0 Å². The summed E-state index contributed by atoms with van der Waals surface area (Å²) in [6.45, 7) is 2.50. The van der Waals surface area contributed by atoms with Crippen LogP contribution in [0.5, 0.6) is 0 Å². The summed E-state index contributed by atoms with van der Waals surface area (Å²) in [7, 11) is 0. The molecule has 0 amide bonds. The van der Waals surface area contributed by atoms with E-state index in [0.717, 1.165) is 6.92 Å². The first-order valence-corrected chi connectivity index (χ1v) is 2.55. The number of aliphatic carboxylic acids is 2. The Bertz CT molecular complexity index is 117. The molecular formula is C5H11NO4. The molecule has 0 aliphatic heterocycles. The van der Waals surface area contributed by atoms with Gasteiger partial charge in [-0.05, 0) is 6.92 Å². The third-order valence-electron chi connectivity index (χ3n) is 0.390. The molecule has 4 N–H and O–H groups in total. The topological polar surface area (TPSA) is 101 Å². The highest BCUT2D eigenvalue weighted by Crippen LogP contribution is 1.68. The third-order valence-corrected chi connectivity index (χ3v) is 0.390. The fraction of sp³-hybridized carbons (Fsp3) is 0.600. The molecule has 0 unspecified atom stereocenters. The largest absolute Gasteiger partial charge is 0.481 e. The van der Waals surface area contributed by atoms with E-state index in [1.807, 2.05) is 0 Å². The van der Waals surface area contributed by atoms with Gasteiger partial charge in [-0.3, -0.25) is 9.59 Å². The van der Waals surface area contributed by atoms with Gasteiger partial charge in [-0.15, -0.1) is 0 Å². The Labute approximate surface area is 58.5 Å². The number of hydrogen-bond donors (Lipinski definition) is 3. The molecule has 0 bridgehead atoms. The van der Waals surface area contributed by atoms with Crippen molar-refractivity contribution in [2.45, 2.75) is 19.9 Å². The minimum absolute atomic E-state index is 0.731. The van der Waals surface area contributed by atoms with E-state index in [9.17, 15) is 4.79 Å². The van der Waals surface area contributed by atoms with Gasteiger partial charge in [0, 0.05) is 6.92 Å². The molecule has 10 heavy (non-hydrogen) atoms. The number of nitrogens with two attached hydrogens (primary N) is 1. The predicted molar refractivity (Wildman–Crippen MR) is 34.6 cm³/mol. The second kappa shape index (κ2) is 6.03. The van der Waals surface area contributed by atoms with Gasteiger partial charge in [-0.1, -0.05) is 0 Å². The van der Waals surface area contributed by atoms with Crippen molar-refractivity contribution in [3.05, 3.63) is 0 Å². The molecule has 0 aliphatic carbocycles. The van der Waals surface area contributed by atoms with Crippen LogP contribution in [0.2, 0.25) is 0 Å². The van der Waals surface area contributed by atoms with Gasteiger partial charge in [0.1, 0.15) is 6.04 Å². The molecule has 0 saturated heterocycles. The summed E-state index contributed by atoms with van der Waals surface area (Å²) in [4.78, 5) is 18.6. The van der Waals surface area contributed by atoms with Crippen LogP contribution in [0.1, 0.15) is 13.8 Å². The maximum atomic E-state index is 9.57. The summed E-state index contributed by atoms with van der Waals surface area (Å²) in [5, 5.41) is 15.3. The lowest BCUT2D eigenvalue weighted by molar-refractivity contribution is -0.138. The SMILES string of the molecule is CC(=O)O.C[C@@H](N)C(=O)O. The van der Waals surface area contributed by atoms with E-state index in [0.29, 0.717) is 0 Å². The van der Waals surface area contributed by atoms with Crippen molar-refractivity contribution in [1.29, 1.82) is 0 Å². The van der Waals surface area contributed by atoms with E-state index >= 15 is 0 Å². The average Bonchev–Trinajstić information content (AvgIpc) is 1.63. The van der Waals surface area contributed by atoms with Crippen LogP contribution in [0.3, 0.4) is 0 Å². The van der Waals surface area contributed by atoms with Crippen LogP contribution < -0.4 is 5.73 Å². The van der Waals surface area contributed by atoms with Crippen LogP contribution in [0, 0.1) is 0 Å². The van der Waals surface area contributed by atoms with Gasteiger partial charge in [0.25, 0.3) is 5.97 Å². The number of carboxylic acid groups (broad SMARTS) is 2. The molecule has 0 fully saturated rings. The lowest BCUT2D eigenvalue weighted by Gasteiger charge is -1.90. The highest BCUT2D eigenvalue weighted by molar-refractivity contribution is 5.72. The average molecular weight is 149 g/mol. The molecule has 5 heteroatoms. The van der Waals surface area contributed by atoms with Gasteiger partial charge in [0.2, 0.25) is 0 Å². The first kappa shape index (κ1) is 11.7. The molecule has 0 aromatic rings. The standard InChI is InChI=1S/C3H7NO2.C2H4O2/c1-2(4)3(5)6;1-2(3)4/h2H,4H2,1H3,(H,5,6);1H3,(H,3,4)/t2-;/m1./s1. The van der Waals surface area contributed by atoms with Gasteiger partial charge < -0.3 is 15.9 Å². The zero-order chi connectivity index (χ0) is 8.73. The lowest BCUT2D eigenvalue weighted by atomic mass is 10.4. The molecule has 0 heterocycles. The highest BCUT2D eigenvalue weighted by Gasteiger charge is 1.99. The monoisotopic (exact) mass is 149 g/mol. The van der Waals surface area contributed by atoms with Crippen LogP contribution in [0.15, 0.2) is 0 Å². The van der Waals surface area contributed by atoms with E-state index in [4.69, 9.17) is 20.7 Å². The van der Waals surface area contributed by atoms with Gasteiger partial charge >= 0.3 is 5.97 Å². The molecule has 0 aliphatic rings. The number of hydrogen-bond acceptors (Lipinski definition) is 3. The van der Waals surface area contributed by atoms with E-state index in [1.54, 1.807) is 0 Å². The summed E-state index contributed by atoms with van der Waals surface area (Å²) in [5.74, 6) is -1.80. The molecule has 0 aromatic heterocycles. The van der Waals surface area contributed by atoms with E-state index in [2.05, 4.69) is 0 Å². The van der Waals surface area contributed by atoms with E-state index in [-0.39, 0.29) is 0 Å². The summed E-state index contributed by atoms with van der Waals surface area (Å²) in [5.41, 5.74) is 4.84. The molecule has 5 nitrogen and oxygen atoms in total. The minimum atomic E-state index is -0.963. The summed E-state index contributed by atoms with van der Waals surface area (Å²) >= 11 is 0. The summed E-state index contributed by atoms with van der Waals surface area (Å²) in [6.07, 6.45) is 0.